The predicted octanol–water partition coefficient (Wildman–Crippen LogP) is 7.35. The smallest absolute Gasteiger partial charge is 0.338 e. The summed E-state index contributed by atoms with van der Waals surface area (Å²) in [6.45, 7) is 4.27. The van der Waals surface area contributed by atoms with Crippen molar-refractivity contribution in [3.63, 3.8) is 0 Å². The van der Waals surface area contributed by atoms with Crippen LogP contribution in [0.2, 0.25) is 5.02 Å². The molecule has 0 saturated heterocycles. The van der Waals surface area contributed by atoms with E-state index in [0.29, 0.717) is 71.5 Å². The van der Waals surface area contributed by atoms with Gasteiger partial charge in [0, 0.05) is 15.1 Å². The van der Waals surface area contributed by atoms with Crippen LogP contribution in [-0.2, 0) is 16.1 Å². The Labute approximate surface area is 292 Å². The summed E-state index contributed by atoms with van der Waals surface area (Å²) >= 11 is 14.4. The van der Waals surface area contributed by atoms with Gasteiger partial charge in [-0.15, -0.1) is 0 Å². The normalized spacial score (nSPS) is 14.5. The van der Waals surface area contributed by atoms with E-state index in [1.807, 2.05) is 55.5 Å². The SMILES string of the molecule is CCCC1=C(C(=O)OCC)[C@@H](c2cc(Br)ccc2OC)n2c(s/c(=C/c3cc(Br)c(OCc4ccc(Cl)cc4)c(OC)c3)c2=O)=N1. The van der Waals surface area contributed by atoms with E-state index in [4.69, 9.17) is 35.5 Å². The average molecular weight is 791 g/mol. The molecule has 1 aromatic heterocycles. The molecule has 0 unspecified atom stereocenters. The van der Waals surface area contributed by atoms with Gasteiger partial charge in [-0.05, 0) is 88.9 Å². The van der Waals surface area contributed by atoms with Gasteiger partial charge in [0.05, 0.1) is 41.1 Å². The number of benzene rings is 3. The van der Waals surface area contributed by atoms with Crippen LogP contribution in [0, 0.1) is 0 Å². The third-order valence-electron chi connectivity index (χ3n) is 7.22. The van der Waals surface area contributed by atoms with E-state index in [1.54, 1.807) is 37.9 Å². The first-order chi connectivity index (χ1) is 22.2. The average Bonchev–Trinajstić information content (AvgIpc) is 3.34. The van der Waals surface area contributed by atoms with E-state index in [9.17, 15) is 9.59 Å². The maximum absolute atomic E-state index is 14.2. The number of nitrogens with zero attached hydrogens (tertiary/aromatic N) is 2. The molecule has 46 heavy (non-hydrogen) atoms. The van der Waals surface area contributed by atoms with Crippen LogP contribution in [0.5, 0.6) is 17.2 Å². The molecule has 3 aromatic carbocycles. The number of carbonyl (C=O) groups is 1. The summed E-state index contributed by atoms with van der Waals surface area (Å²) in [5.41, 5.74) is 2.92. The Morgan fingerprint density at radius 3 is 2.46 bits per heavy atom. The molecule has 0 bridgehead atoms. The number of carbonyl (C=O) groups excluding carboxylic acids is 1. The summed E-state index contributed by atoms with van der Waals surface area (Å²) in [7, 11) is 3.12. The molecule has 1 atom stereocenters. The molecule has 0 radical (unpaired) electrons. The maximum atomic E-state index is 14.2. The molecule has 12 heteroatoms. The first kappa shape index (κ1) is 34.0. The summed E-state index contributed by atoms with van der Waals surface area (Å²) in [5.74, 6) is 1.04. The van der Waals surface area contributed by atoms with Gasteiger partial charge >= 0.3 is 5.97 Å². The number of rotatable bonds is 11. The van der Waals surface area contributed by atoms with Crippen molar-refractivity contribution in [2.45, 2.75) is 39.3 Å². The molecule has 0 aliphatic carbocycles. The Kier molecular flexibility index (Phi) is 11.1. The van der Waals surface area contributed by atoms with E-state index in [1.165, 1.54) is 11.3 Å². The van der Waals surface area contributed by atoms with Gasteiger partial charge < -0.3 is 18.9 Å². The molecule has 1 aliphatic heterocycles. The predicted molar refractivity (Wildman–Crippen MR) is 187 cm³/mol. The fourth-order valence-electron chi connectivity index (χ4n) is 5.18. The van der Waals surface area contributed by atoms with E-state index in [0.717, 1.165) is 16.5 Å². The number of esters is 1. The maximum Gasteiger partial charge on any atom is 0.338 e. The Morgan fingerprint density at radius 1 is 1.04 bits per heavy atom. The first-order valence-corrected chi connectivity index (χ1v) is 17.3. The van der Waals surface area contributed by atoms with Crippen molar-refractivity contribution in [1.29, 1.82) is 0 Å². The number of fused-ring (bicyclic) bond motifs is 1. The van der Waals surface area contributed by atoms with E-state index >= 15 is 0 Å². The monoisotopic (exact) mass is 788 g/mol. The van der Waals surface area contributed by atoms with Crippen LogP contribution in [0.25, 0.3) is 6.08 Å². The fourth-order valence-corrected chi connectivity index (χ4v) is 7.28. The topological polar surface area (TPSA) is 88.4 Å². The van der Waals surface area contributed by atoms with Crippen molar-refractivity contribution in [3.05, 3.63) is 116 Å². The van der Waals surface area contributed by atoms with Crippen LogP contribution in [0.4, 0.5) is 0 Å². The van der Waals surface area contributed by atoms with Gasteiger partial charge in [0.25, 0.3) is 5.56 Å². The lowest BCUT2D eigenvalue weighted by atomic mass is 9.93. The van der Waals surface area contributed by atoms with Crippen molar-refractivity contribution in [3.8, 4) is 17.2 Å². The zero-order chi connectivity index (χ0) is 33.0. The number of hydrogen-bond donors (Lipinski definition) is 0. The number of methoxy groups -OCH3 is 2. The van der Waals surface area contributed by atoms with Crippen LogP contribution in [-0.4, -0.2) is 31.4 Å². The lowest BCUT2D eigenvalue weighted by molar-refractivity contribution is -0.139. The Morgan fingerprint density at radius 2 is 1.78 bits per heavy atom. The number of ether oxygens (including phenoxy) is 4. The fraction of sp³-hybridized carbons (Fsp3) is 0.265. The van der Waals surface area contributed by atoms with Gasteiger partial charge in [-0.1, -0.05) is 64.3 Å². The zero-order valence-corrected chi connectivity index (χ0v) is 30.3. The number of allylic oxidation sites excluding steroid dienone is 1. The molecule has 240 valence electrons. The first-order valence-electron chi connectivity index (χ1n) is 14.5. The van der Waals surface area contributed by atoms with Crippen LogP contribution in [0.3, 0.4) is 0 Å². The minimum atomic E-state index is -0.809. The minimum Gasteiger partial charge on any atom is -0.496 e. The van der Waals surface area contributed by atoms with Crippen molar-refractivity contribution in [1.82, 2.24) is 4.57 Å². The molecule has 0 spiro atoms. The van der Waals surface area contributed by atoms with E-state index in [-0.39, 0.29) is 12.2 Å². The Balaban J connectivity index is 1.64. The second kappa shape index (κ2) is 15.0. The molecule has 0 saturated carbocycles. The van der Waals surface area contributed by atoms with Crippen molar-refractivity contribution in [2.24, 2.45) is 4.99 Å². The van der Waals surface area contributed by atoms with Crippen LogP contribution >= 0.6 is 54.8 Å². The molecule has 0 fully saturated rings. The molecule has 2 heterocycles. The lowest BCUT2D eigenvalue weighted by Gasteiger charge is -2.27. The Bertz CT molecular complexity index is 1990. The lowest BCUT2D eigenvalue weighted by Crippen LogP contribution is -2.40. The van der Waals surface area contributed by atoms with Gasteiger partial charge in [0.2, 0.25) is 0 Å². The molecular weight excluding hydrogens is 760 g/mol. The summed E-state index contributed by atoms with van der Waals surface area (Å²) in [6, 6.07) is 15.8. The summed E-state index contributed by atoms with van der Waals surface area (Å²) in [6.07, 6.45) is 3.06. The van der Waals surface area contributed by atoms with Crippen LogP contribution in [0.15, 0.2) is 84.6 Å². The molecule has 0 N–H and O–H groups in total. The van der Waals surface area contributed by atoms with Crippen molar-refractivity contribution >= 4 is 66.8 Å². The third kappa shape index (κ3) is 7.12. The summed E-state index contributed by atoms with van der Waals surface area (Å²) < 4.78 is 26.4. The van der Waals surface area contributed by atoms with Crippen molar-refractivity contribution < 1.29 is 23.7 Å². The standard InChI is InChI=1S/C34H31Br2ClN2O6S/c1-5-7-25-29(33(41)44-6-2)30(23-17-21(35)10-13-26(23)42-3)39-32(40)28(46-34(39)38-25)16-20-14-24(36)31(27(15-20)43-4)45-18-19-8-11-22(37)12-9-19/h8-17,30H,5-7,18H2,1-4H3/b28-16+/t30-/m1/s1. The molecule has 5 rings (SSSR count). The van der Waals surface area contributed by atoms with Crippen molar-refractivity contribution in [2.75, 3.05) is 20.8 Å². The third-order valence-corrected chi connectivity index (χ3v) is 9.54. The van der Waals surface area contributed by atoms with E-state index in [2.05, 4.69) is 31.9 Å². The number of hydrogen-bond acceptors (Lipinski definition) is 8. The van der Waals surface area contributed by atoms with E-state index < -0.39 is 12.0 Å². The summed E-state index contributed by atoms with van der Waals surface area (Å²) in [4.78, 5) is 33.1. The highest BCUT2D eigenvalue weighted by Gasteiger charge is 2.36. The largest absolute Gasteiger partial charge is 0.496 e. The number of halogens is 3. The zero-order valence-electron chi connectivity index (χ0n) is 25.6. The molecule has 4 aromatic rings. The van der Waals surface area contributed by atoms with Gasteiger partial charge in [0.1, 0.15) is 18.4 Å². The quantitative estimate of drug-likeness (QED) is 0.148. The van der Waals surface area contributed by atoms with Gasteiger partial charge in [-0.25, -0.2) is 9.79 Å². The molecular formula is C34H31Br2ClN2O6S. The van der Waals surface area contributed by atoms with Gasteiger partial charge in [-0.3, -0.25) is 9.36 Å². The second-order valence-corrected chi connectivity index (χ2v) is 13.5. The highest BCUT2D eigenvalue weighted by atomic mass is 79.9. The molecule has 0 amide bonds. The Hall–Kier alpha value is -3.38. The molecule has 1 aliphatic rings. The second-order valence-electron chi connectivity index (χ2n) is 10.2. The highest BCUT2D eigenvalue weighted by Crippen LogP contribution is 2.39. The highest BCUT2D eigenvalue weighted by molar-refractivity contribution is 9.10. The van der Waals surface area contributed by atoms with Crippen LogP contribution in [0.1, 0.15) is 49.4 Å². The van der Waals surface area contributed by atoms with Crippen LogP contribution < -0.4 is 29.1 Å². The number of aromatic nitrogens is 1. The molecule has 8 nitrogen and oxygen atoms in total. The summed E-state index contributed by atoms with van der Waals surface area (Å²) in [5, 5.41) is 0.651. The minimum absolute atomic E-state index is 0.185. The number of thiazole rings is 1. The van der Waals surface area contributed by atoms with Gasteiger partial charge in [0.15, 0.2) is 16.3 Å². The van der Waals surface area contributed by atoms with Gasteiger partial charge in [-0.2, -0.15) is 0 Å².